The molecule has 1 N–H and O–H groups in total. The monoisotopic (exact) mass is 416 g/mol. The van der Waals surface area contributed by atoms with E-state index in [1.807, 2.05) is 37.4 Å². The van der Waals surface area contributed by atoms with Gasteiger partial charge in [-0.1, -0.05) is 30.3 Å². The molecule has 154 valence electrons. The molecule has 9 heteroatoms. The minimum Gasteiger partial charge on any atom is -0.376 e. The molecule has 1 saturated heterocycles. The molecule has 2 aromatic carbocycles. The maximum absolute atomic E-state index is 12.9. The van der Waals surface area contributed by atoms with E-state index in [0.29, 0.717) is 37.8 Å². The van der Waals surface area contributed by atoms with E-state index >= 15 is 0 Å². The number of hydrogen-bond acceptors (Lipinski definition) is 6. The lowest BCUT2D eigenvalue weighted by atomic mass is 10.1. The first-order valence-corrected chi connectivity index (χ1v) is 11.1. The lowest BCUT2D eigenvalue weighted by Gasteiger charge is -2.31. The molecule has 1 heterocycles. The Kier molecular flexibility index (Phi) is 5.28. The van der Waals surface area contributed by atoms with Crippen LogP contribution in [0.3, 0.4) is 0 Å². The zero-order valence-electron chi connectivity index (χ0n) is 16.2. The number of likely N-dealkylation sites (N-methyl/N-ethyl adjacent to an activating group) is 1. The Balaban J connectivity index is 1.54. The minimum absolute atomic E-state index is 0.0327. The Morgan fingerprint density at radius 1 is 1.07 bits per heavy atom. The topological polar surface area (TPSA) is 95.8 Å². The van der Waals surface area contributed by atoms with Crippen molar-refractivity contribution in [1.82, 2.24) is 9.21 Å². The summed E-state index contributed by atoms with van der Waals surface area (Å²) in [7, 11) is -1.81. The third-order valence-electron chi connectivity index (χ3n) is 5.62. The molecule has 1 aliphatic carbocycles. The van der Waals surface area contributed by atoms with Crippen molar-refractivity contribution in [2.45, 2.75) is 23.3 Å². The summed E-state index contributed by atoms with van der Waals surface area (Å²) >= 11 is 0. The van der Waals surface area contributed by atoms with Crippen LogP contribution in [0, 0.1) is 10.1 Å². The van der Waals surface area contributed by atoms with Gasteiger partial charge < -0.3 is 10.2 Å². The fourth-order valence-corrected chi connectivity index (χ4v) is 5.19. The normalized spacial score (nSPS) is 22.9. The van der Waals surface area contributed by atoms with Crippen molar-refractivity contribution < 1.29 is 13.3 Å². The lowest BCUT2D eigenvalue weighted by molar-refractivity contribution is -0.384. The molecule has 4 rings (SSSR count). The molecule has 2 aromatic rings. The van der Waals surface area contributed by atoms with Gasteiger partial charge in [-0.05, 0) is 31.2 Å². The summed E-state index contributed by atoms with van der Waals surface area (Å²) in [5.74, 6) is 0.310. The molecule has 2 atom stereocenters. The molecule has 1 aliphatic heterocycles. The van der Waals surface area contributed by atoms with Crippen molar-refractivity contribution in [3.8, 4) is 0 Å². The molecular formula is C20H24N4O4S. The average Bonchev–Trinajstić information content (AvgIpc) is 3.48. The second kappa shape index (κ2) is 7.74. The van der Waals surface area contributed by atoms with Crippen molar-refractivity contribution in [3.05, 3.63) is 64.2 Å². The highest BCUT2D eigenvalue weighted by Crippen LogP contribution is 2.44. The van der Waals surface area contributed by atoms with Gasteiger partial charge in [0.2, 0.25) is 10.0 Å². The maximum Gasteiger partial charge on any atom is 0.293 e. The SMILES string of the molecule is CN1CCN(S(=O)(=O)c2ccc(NC3CC3c3ccccc3)c([N+](=O)[O-])c2)CC1. The van der Waals surface area contributed by atoms with Gasteiger partial charge in [-0.2, -0.15) is 4.31 Å². The number of sulfonamides is 1. The largest absolute Gasteiger partial charge is 0.376 e. The zero-order chi connectivity index (χ0) is 20.6. The summed E-state index contributed by atoms with van der Waals surface area (Å²) in [4.78, 5) is 13.1. The van der Waals surface area contributed by atoms with E-state index in [1.54, 1.807) is 0 Å². The van der Waals surface area contributed by atoms with Gasteiger partial charge in [0.25, 0.3) is 5.69 Å². The first-order chi connectivity index (χ1) is 13.9. The van der Waals surface area contributed by atoms with Crippen LogP contribution < -0.4 is 5.32 Å². The summed E-state index contributed by atoms with van der Waals surface area (Å²) in [6.07, 6.45) is 0.891. The van der Waals surface area contributed by atoms with Crippen LogP contribution in [0.4, 0.5) is 11.4 Å². The number of rotatable bonds is 6. The zero-order valence-corrected chi connectivity index (χ0v) is 17.0. The molecule has 0 aromatic heterocycles. The van der Waals surface area contributed by atoms with Crippen LogP contribution in [0.2, 0.25) is 0 Å². The van der Waals surface area contributed by atoms with E-state index in [-0.39, 0.29) is 16.6 Å². The van der Waals surface area contributed by atoms with Gasteiger partial charge in [-0.25, -0.2) is 8.42 Å². The number of nitro benzene ring substituents is 1. The standard InChI is InChI=1S/C20H24N4O4S/c1-22-9-11-23(12-10-22)29(27,28)16-7-8-18(20(13-16)24(25)26)21-19-14-17(19)15-5-3-2-4-6-15/h2-8,13,17,19,21H,9-12,14H2,1H3. The van der Waals surface area contributed by atoms with E-state index in [1.165, 1.54) is 28.1 Å². The number of nitro groups is 1. The van der Waals surface area contributed by atoms with E-state index in [9.17, 15) is 18.5 Å². The van der Waals surface area contributed by atoms with Crippen LogP contribution in [0.25, 0.3) is 0 Å². The van der Waals surface area contributed by atoms with Crippen molar-refractivity contribution >= 4 is 21.4 Å². The first-order valence-electron chi connectivity index (χ1n) is 9.65. The molecule has 1 saturated carbocycles. The molecule has 8 nitrogen and oxygen atoms in total. The van der Waals surface area contributed by atoms with Gasteiger partial charge in [-0.15, -0.1) is 0 Å². The maximum atomic E-state index is 12.9. The van der Waals surface area contributed by atoms with Crippen LogP contribution in [-0.4, -0.2) is 61.8 Å². The molecule has 0 bridgehead atoms. The number of nitrogens with one attached hydrogen (secondary N) is 1. The predicted octanol–water partition coefficient (Wildman–Crippen LogP) is 2.50. The van der Waals surface area contributed by atoms with Gasteiger partial charge in [0, 0.05) is 44.2 Å². The minimum atomic E-state index is -3.75. The average molecular weight is 417 g/mol. The second-order valence-corrected chi connectivity index (χ2v) is 9.59. The predicted molar refractivity (Wildman–Crippen MR) is 111 cm³/mol. The van der Waals surface area contributed by atoms with Crippen molar-refractivity contribution in [2.24, 2.45) is 0 Å². The number of hydrogen-bond donors (Lipinski definition) is 1. The summed E-state index contributed by atoms with van der Waals surface area (Å²) in [6.45, 7) is 2.05. The van der Waals surface area contributed by atoms with Crippen LogP contribution in [0.5, 0.6) is 0 Å². The Morgan fingerprint density at radius 3 is 2.41 bits per heavy atom. The molecule has 29 heavy (non-hydrogen) atoms. The Hall–Kier alpha value is -2.49. The van der Waals surface area contributed by atoms with E-state index in [0.717, 1.165) is 6.42 Å². The van der Waals surface area contributed by atoms with Crippen LogP contribution in [-0.2, 0) is 10.0 Å². The quantitative estimate of drug-likeness (QED) is 0.574. The molecule has 0 spiro atoms. The molecule has 0 radical (unpaired) electrons. The highest BCUT2D eigenvalue weighted by Gasteiger charge is 2.39. The van der Waals surface area contributed by atoms with Crippen LogP contribution in [0.15, 0.2) is 53.4 Å². The van der Waals surface area contributed by atoms with Gasteiger partial charge in [0.1, 0.15) is 5.69 Å². The second-order valence-electron chi connectivity index (χ2n) is 7.65. The number of benzene rings is 2. The fraction of sp³-hybridized carbons (Fsp3) is 0.400. The van der Waals surface area contributed by atoms with E-state index < -0.39 is 14.9 Å². The van der Waals surface area contributed by atoms with Crippen molar-refractivity contribution in [2.75, 3.05) is 38.5 Å². The highest BCUT2D eigenvalue weighted by atomic mass is 32.2. The third-order valence-corrected chi connectivity index (χ3v) is 7.52. The Labute approximate surface area is 170 Å². The van der Waals surface area contributed by atoms with E-state index in [2.05, 4.69) is 10.2 Å². The number of piperazine rings is 1. The summed E-state index contributed by atoms with van der Waals surface area (Å²) < 4.78 is 27.2. The third kappa shape index (κ3) is 4.12. The Morgan fingerprint density at radius 2 is 1.76 bits per heavy atom. The van der Waals surface area contributed by atoms with Crippen LogP contribution >= 0.6 is 0 Å². The highest BCUT2D eigenvalue weighted by molar-refractivity contribution is 7.89. The molecule has 0 amide bonds. The molecular weight excluding hydrogens is 392 g/mol. The summed E-state index contributed by atoms with van der Waals surface area (Å²) in [6, 6.07) is 14.3. The van der Waals surface area contributed by atoms with Gasteiger partial charge in [-0.3, -0.25) is 10.1 Å². The summed E-state index contributed by atoms with van der Waals surface area (Å²) in [5, 5.41) is 14.8. The molecule has 2 fully saturated rings. The number of anilines is 1. The van der Waals surface area contributed by atoms with E-state index in [4.69, 9.17) is 0 Å². The Bertz CT molecular complexity index is 1000. The van der Waals surface area contributed by atoms with Crippen molar-refractivity contribution in [1.29, 1.82) is 0 Å². The smallest absolute Gasteiger partial charge is 0.293 e. The first kappa shape index (κ1) is 19.8. The van der Waals surface area contributed by atoms with Gasteiger partial charge >= 0.3 is 0 Å². The summed E-state index contributed by atoms with van der Waals surface area (Å²) in [5.41, 5.74) is 1.34. The van der Waals surface area contributed by atoms with Crippen molar-refractivity contribution in [3.63, 3.8) is 0 Å². The van der Waals surface area contributed by atoms with Gasteiger partial charge in [0.05, 0.1) is 9.82 Å². The van der Waals surface area contributed by atoms with Crippen LogP contribution in [0.1, 0.15) is 17.9 Å². The van der Waals surface area contributed by atoms with Gasteiger partial charge in [0.15, 0.2) is 0 Å². The molecule has 2 aliphatic rings. The molecule has 2 unspecified atom stereocenters. The number of nitrogens with zero attached hydrogens (tertiary/aromatic N) is 3. The fourth-order valence-electron chi connectivity index (χ4n) is 3.75. The lowest BCUT2D eigenvalue weighted by Crippen LogP contribution is -2.47.